The second-order valence-corrected chi connectivity index (χ2v) is 5.36. The predicted molar refractivity (Wildman–Crippen MR) is 140 cm³/mol. The van der Waals surface area contributed by atoms with Crippen molar-refractivity contribution in [2.75, 3.05) is 13.2 Å². The number of rotatable bonds is 9. The van der Waals surface area contributed by atoms with Crippen molar-refractivity contribution in [1.29, 1.82) is 0 Å². The second-order valence-electron chi connectivity index (χ2n) is 5.36. The molecule has 0 radical (unpaired) electrons. The van der Waals surface area contributed by atoms with E-state index >= 15 is 0 Å². The Kier molecular flexibility index (Phi) is 52.9. The largest absolute Gasteiger partial charge is 0.395 e. The molecule has 0 spiro atoms. The van der Waals surface area contributed by atoms with Crippen molar-refractivity contribution in [3.63, 3.8) is 0 Å². The van der Waals surface area contributed by atoms with E-state index in [0.717, 1.165) is 12.0 Å². The van der Waals surface area contributed by atoms with E-state index in [2.05, 4.69) is 45.3 Å². The number of nitrogens with one attached hydrogen (secondary N) is 1. The second kappa shape index (κ2) is 41.3. The summed E-state index contributed by atoms with van der Waals surface area (Å²) in [6.07, 6.45) is 18.1. The summed E-state index contributed by atoms with van der Waals surface area (Å²) in [7, 11) is 0. The van der Waals surface area contributed by atoms with Crippen LogP contribution in [0.1, 0.15) is 81.6 Å². The third kappa shape index (κ3) is 40.5. The van der Waals surface area contributed by atoms with Crippen LogP contribution in [0.15, 0.2) is 72.9 Å². The molecule has 3 heteroatoms. The van der Waals surface area contributed by atoms with Gasteiger partial charge in [0.05, 0.1) is 6.61 Å². The van der Waals surface area contributed by atoms with Crippen LogP contribution in [0.5, 0.6) is 0 Å². The standard InChI is InChI=1S/C10H17NO2.C10H14.C3H8.2C2H6/c1-3-5-6-9(4-2)10(13)11-7-8-12;1-4-6-8-10(3)9-7-5-2;1-3-2;2*1-2/h3-4,12H,1,5-8H2,2H3,(H,11,13);4-9H,1H2,2-3H3;3H2,1-2H3;2*1-2H3/b9-4+;7-5+,8-6+,10-9+;;;. The zero-order chi connectivity index (χ0) is 24.6. The highest BCUT2D eigenvalue weighted by atomic mass is 16.3. The fourth-order valence-corrected chi connectivity index (χ4v) is 1.45. The first-order valence-corrected chi connectivity index (χ1v) is 11.2. The molecule has 0 aromatic rings. The van der Waals surface area contributed by atoms with E-state index in [-0.39, 0.29) is 12.5 Å². The Balaban J connectivity index is -0.000000108. The van der Waals surface area contributed by atoms with Crippen molar-refractivity contribution < 1.29 is 9.90 Å². The summed E-state index contributed by atoms with van der Waals surface area (Å²) >= 11 is 0. The van der Waals surface area contributed by atoms with Gasteiger partial charge in [0.1, 0.15) is 0 Å². The number of aliphatic hydroxyl groups is 1. The van der Waals surface area contributed by atoms with Crippen LogP contribution in [-0.4, -0.2) is 24.2 Å². The summed E-state index contributed by atoms with van der Waals surface area (Å²) in [4.78, 5) is 11.3. The summed E-state index contributed by atoms with van der Waals surface area (Å²) < 4.78 is 0. The normalized spacial score (nSPS) is 10.2. The highest BCUT2D eigenvalue weighted by Crippen LogP contribution is 2.05. The fraction of sp³-hybridized carbons (Fsp3) is 0.519. The van der Waals surface area contributed by atoms with Crippen LogP contribution in [0.2, 0.25) is 0 Å². The average Bonchev–Trinajstić information content (AvgIpc) is 2.79. The molecule has 0 rings (SSSR count). The highest BCUT2D eigenvalue weighted by Gasteiger charge is 2.05. The number of carbonyl (C=O) groups excluding carboxylic acids is 1. The van der Waals surface area contributed by atoms with Gasteiger partial charge in [0.2, 0.25) is 5.91 Å². The Morgan fingerprint density at radius 3 is 1.93 bits per heavy atom. The molecule has 0 atom stereocenters. The van der Waals surface area contributed by atoms with Gasteiger partial charge in [-0.2, -0.15) is 0 Å². The third-order valence-electron chi connectivity index (χ3n) is 2.70. The van der Waals surface area contributed by atoms with Gasteiger partial charge in [0.15, 0.2) is 0 Å². The molecule has 30 heavy (non-hydrogen) atoms. The molecule has 2 N–H and O–H groups in total. The minimum atomic E-state index is -0.0987. The van der Waals surface area contributed by atoms with Gasteiger partial charge in [-0.25, -0.2) is 0 Å². The Hall–Kier alpha value is -2.13. The quantitative estimate of drug-likeness (QED) is 0.227. The molecule has 0 aromatic heterocycles. The molecular formula is C27H51NO2. The van der Waals surface area contributed by atoms with Crippen molar-refractivity contribution >= 4 is 5.91 Å². The lowest BCUT2D eigenvalue weighted by Crippen LogP contribution is -2.27. The third-order valence-corrected chi connectivity index (χ3v) is 2.70. The Morgan fingerprint density at radius 2 is 1.57 bits per heavy atom. The summed E-state index contributed by atoms with van der Waals surface area (Å²) in [6.45, 7) is 25.6. The van der Waals surface area contributed by atoms with Crippen molar-refractivity contribution in [3.05, 3.63) is 72.9 Å². The maximum absolute atomic E-state index is 11.3. The molecule has 0 saturated heterocycles. The van der Waals surface area contributed by atoms with E-state index in [1.165, 1.54) is 12.0 Å². The minimum Gasteiger partial charge on any atom is -0.395 e. The summed E-state index contributed by atoms with van der Waals surface area (Å²) in [6, 6.07) is 0. The van der Waals surface area contributed by atoms with Crippen LogP contribution in [0.25, 0.3) is 0 Å². The average molecular weight is 422 g/mol. The number of carbonyl (C=O) groups is 1. The molecule has 0 aromatic carbocycles. The molecule has 0 bridgehead atoms. The molecule has 3 nitrogen and oxygen atoms in total. The molecule has 0 heterocycles. The van der Waals surface area contributed by atoms with Crippen molar-refractivity contribution in [2.24, 2.45) is 0 Å². The molecule has 0 aliphatic carbocycles. The Morgan fingerprint density at radius 1 is 1.03 bits per heavy atom. The molecule has 0 unspecified atom stereocenters. The van der Waals surface area contributed by atoms with Gasteiger partial charge in [-0.3, -0.25) is 4.79 Å². The van der Waals surface area contributed by atoms with Gasteiger partial charge in [0.25, 0.3) is 0 Å². The number of hydrogen-bond donors (Lipinski definition) is 2. The first-order valence-electron chi connectivity index (χ1n) is 11.2. The van der Waals surface area contributed by atoms with E-state index in [1.54, 1.807) is 18.2 Å². The van der Waals surface area contributed by atoms with E-state index < -0.39 is 0 Å². The predicted octanol–water partition coefficient (Wildman–Crippen LogP) is 7.73. The van der Waals surface area contributed by atoms with Crippen LogP contribution >= 0.6 is 0 Å². The van der Waals surface area contributed by atoms with Gasteiger partial charge in [0, 0.05) is 12.1 Å². The smallest absolute Gasteiger partial charge is 0.246 e. The van der Waals surface area contributed by atoms with Crippen molar-refractivity contribution in [2.45, 2.75) is 81.6 Å². The maximum atomic E-state index is 11.3. The Bertz CT molecular complexity index is 469. The zero-order valence-electron chi connectivity index (χ0n) is 21.4. The molecular weight excluding hydrogens is 370 g/mol. The van der Waals surface area contributed by atoms with Crippen LogP contribution in [0.4, 0.5) is 0 Å². The summed E-state index contributed by atoms with van der Waals surface area (Å²) in [5.41, 5.74) is 1.98. The van der Waals surface area contributed by atoms with Gasteiger partial charge in [-0.15, -0.1) is 6.58 Å². The number of amides is 1. The summed E-state index contributed by atoms with van der Waals surface area (Å²) in [5, 5.41) is 11.1. The van der Waals surface area contributed by atoms with E-state index in [9.17, 15) is 4.79 Å². The Labute approximate surface area is 189 Å². The van der Waals surface area contributed by atoms with Crippen LogP contribution in [0, 0.1) is 0 Å². The molecule has 0 aliphatic rings. The van der Waals surface area contributed by atoms with E-state index in [1.807, 2.05) is 65.8 Å². The first-order chi connectivity index (χ1) is 14.5. The highest BCUT2D eigenvalue weighted by molar-refractivity contribution is 5.93. The lowest BCUT2D eigenvalue weighted by atomic mass is 10.1. The van der Waals surface area contributed by atoms with Gasteiger partial charge in [-0.05, 0) is 33.6 Å². The lowest BCUT2D eigenvalue weighted by Gasteiger charge is -2.05. The van der Waals surface area contributed by atoms with Gasteiger partial charge < -0.3 is 10.4 Å². The molecule has 1 amide bonds. The van der Waals surface area contributed by atoms with Crippen LogP contribution in [0.3, 0.4) is 0 Å². The molecule has 176 valence electrons. The molecule has 0 fully saturated rings. The van der Waals surface area contributed by atoms with E-state index in [0.29, 0.717) is 13.0 Å². The number of aliphatic hydroxyl groups excluding tert-OH is 1. The van der Waals surface area contributed by atoms with Crippen molar-refractivity contribution in [3.8, 4) is 0 Å². The zero-order valence-corrected chi connectivity index (χ0v) is 21.4. The van der Waals surface area contributed by atoms with Gasteiger partial charge >= 0.3 is 0 Å². The first kappa shape index (κ1) is 38.5. The molecule has 0 aliphatic heterocycles. The summed E-state index contributed by atoms with van der Waals surface area (Å²) in [5.74, 6) is -0.0987. The minimum absolute atomic E-state index is 0.0236. The SMILES string of the molecule is C=C/C=C/C(C)=C/C=C/C.C=CCC/C(=C\C)C(=O)NCCO.CC.CC.CCC. The van der Waals surface area contributed by atoms with Gasteiger partial charge in [-0.1, -0.05) is 109 Å². The van der Waals surface area contributed by atoms with Crippen molar-refractivity contribution in [1.82, 2.24) is 5.32 Å². The van der Waals surface area contributed by atoms with E-state index in [4.69, 9.17) is 5.11 Å². The number of hydrogen-bond acceptors (Lipinski definition) is 2. The van der Waals surface area contributed by atoms with Crippen LogP contribution in [-0.2, 0) is 4.79 Å². The van der Waals surface area contributed by atoms with Crippen LogP contribution < -0.4 is 5.32 Å². The monoisotopic (exact) mass is 421 g/mol. The topological polar surface area (TPSA) is 49.3 Å². The lowest BCUT2D eigenvalue weighted by molar-refractivity contribution is -0.117. The fourth-order valence-electron chi connectivity index (χ4n) is 1.45. The molecule has 0 saturated carbocycles. The number of allylic oxidation sites excluding steroid dienone is 9. The maximum Gasteiger partial charge on any atom is 0.246 e.